The Morgan fingerprint density at radius 3 is 2.79 bits per heavy atom. The number of carboxylic acid groups (broad SMARTS) is 1. The Morgan fingerprint density at radius 2 is 2.21 bits per heavy atom. The quantitative estimate of drug-likeness (QED) is 0.760. The summed E-state index contributed by atoms with van der Waals surface area (Å²) < 4.78 is 44.0. The van der Waals surface area contributed by atoms with Crippen LogP contribution in [0.15, 0.2) is 5.51 Å². The van der Waals surface area contributed by atoms with Crippen molar-refractivity contribution in [2.45, 2.75) is 63.5 Å². The summed E-state index contributed by atoms with van der Waals surface area (Å²) in [5, 5.41) is 7.12. The first-order valence-electron chi connectivity index (χ1n) is 9.84. The normalized spacial score (nSPS) is 27.7. The van der Waals surface area contributed by atoms with Gasteiger partial charge in [0, 0.05) is 31.0 Å². The fourth-order valence-corrected chi connectivity index (χ4v) is 4.58. The molecule has 1 saturated carbocycles. The van der Waals surface area contributed by atoms with Crippen LogP contribution in [-0.2, 0) is 20.8 Å². The average Bonchev–Trinajstić information content (AvgIpc) is 3.29. The van der Waals surface area contributed by atoms with Crippen LogP contribution in [-0.4, -0.2) is 65.1 Å². The summed E-state index contributed by atoms with van der Waals surface area (Å²) in [5.74, 6) is -1.92. The third-order valence-electron chi connectivity index (χ3n) is 5.51. The number of hydrogen-bond acceptors (Lipinski definition) is 6. The Hall–Kier alpha value is -1.23. The number of rotatable bonds is 5. The number of nitrogens with zero attached hydrogens (tertiary/aromatic N) is 2. The maximum Gasteiger partial charge on any atom is 0.490 e. The minimum Gasteiger partial charge on any atom is -0.475 e. The molecule has 1 N–H and O–H groups in total. The van der Waals surface area contributed by atoms with Crippen molar-refractivity contribution in [1.29, 1.82) is 0 Å². The summed E-state index contributed by atoms with van der Waals surface area (Å²) >= 11 is 1.77. The van der Waals surface area contributed by atoms with Gasteiger partial charge in [0.2, 0.25) is 0 Å². The zero-order chi connectivity index (χ0) is 21.1. The van der Waals surface area contributed by atoms with Crippen molar-refractivity contribution in [2.75, 3.05) is 26.3 Å². The van der Waals surface area contributed by atoms with Crippen molar-refractivity contribution < 1.29 is 32.5 Å². The number of aryl methyl sites for hydroxylation is 1. The first-order chi connectivity index (χ1) is 13.7. The lowest BCUT2D eigenvalue weighted by atomic mass is 9.89. The summed E-state index contributed by atoms with van der Waals surface area (Å²) in [6.07, 6.45) is 1.46. The third-order valence-corrected chi connectivity index (χ3v) is 6.43. The fraction of sp³-hybridized carbons (Fsp3) is 0.789. The number of piperidine rings is 1. The van der Waals surface area contributed by atoms with Crippen molar-refractivity contribution >= 4 is 17.3 Å². The van der Waals surface area contributed by atoms with E-state index >= 15 is 0 Å². The third kappa shape index (κ3) is 6.63. The Morgan fingerprint density at radius 1 is 1.48 bits per heavy atom. The molecule has 164 valence electrons. The molecular weight excluding hydrogens is 409 g/mol. The summed E-state index contributed by atoms with van der Waals surface area (Å²) in [5.41, 5.74) is 3.19. The highest BCUT2D eigenvalue weighted by Crippen LogP contribution is 2.37. The maximum atomic E-state index is 10.6. The molecule has 6 nitrogen and oxygen atoms in total. The Kier molecular flexibility index (Phi) is 7.19. The molecule has 3 heterocycles. The second-order valence-electron chi connectivity index (χ2n) is 8.07. The smallest absolute Gasteiger partial charge is 0.475 e. The van der Waals surface area contributed by atoms with Gasteiger partial charge in [-0.3, -0.25) is 4.90 Å². The molecule has 0 bridgehead atoms. The molecule has 1 aromatic heterocycles. The van der Waals surface area contributed by atoms with Crippen LogP contribution < -0.4 is 0 Å². The monoisotopic (exact) mass is 436 g/mol. The van der Waals surface area contributed by atoms with E-state index in [-0.39, 0.29) is 5.60 Å². The number of alkyl halides is 3. The van der Waals surface area contributed by atoms with Gasteiger partial charge < -0.3 is 14.6 Å². The number of carboxylic acids is 1. The lowest BCUT2D eigenvalue weighted by molar-refractivity contribution is -0.192. The number of aliphatic carboxylic acids is 1. The van der Waals surface area contributed by atoms with E-state index in [1.165, 1.54) is 42.8 Å². The van der Waals surface area contributed by atoms with E-state index in [0.29, 0.717) is 6.10 Å². The molecule has 2 atom stereocenters. The van der Waals surface area contributed by atoms with Gasteiger partial charge in [0.05, 0.1) is 29.5 Å². The van der Waals surface area contributed by atoms with E-state index in [2.05, 4.69) is 16.8 Å². The second kappa shape index (κ2) is 9.28. The zero-order valence-electron chi connectivity index (χ0n) is 16.4. The van der Waals surface area contributed by atoms with Gasteiger partial charge in [0.15, 0.2) is 0 Å². The Balaban J connectivity index is 0.000000298. The molecule has 10 heteroatoms. The lowest BCUT2D eigenvalue weighted by Gasteiger charge is -2.39. The first-order valence-corrected chi connectivity index (χ1v) is 10.7. The molecule has 4 rings (SSSR count). The van der Waals surface area contributed by atoms with Crippen LogP contribution >= 0.6 is 11.3 Å². The van der Waals surface area contributed by atoms with Crippen LogP contribution in [0.4, 0.5) is 13.2 Å². The minimum absolute atomic E-state index is 0.0467. The average molecular weight is 436 g/mol. The summed E-state index contributed by atoms with van der Waals surface area (Å²) in [7, 11) is 0. The van der Waals surface area contributed by atoms with Crippen molar-refractivity contribution in [1.82, 2.24) is 9.88 Å². The van der Waals surface area contributed by atoms with Gasteiger partial charge in [0.1, 0.15) is 0 Å². The SMILES string of the molecule is Cc1ncsc1CN1CCC[C@]2(C[C@H](OCC3CC3)CO2)C1.O=C(O)C(F)(F)F. The lowest BCUT2D eigenvalue weighted by Crippen LogP contribution is -2.47. The molecule has 2 saturated heterocycles. The summed E-state index contributed by atoms with van der Waals surface area (Å²) in [6, 6.07) is 0. The van der Waals surface area contributed by atoms with Crippen LogP contribution in [0.2, 0.25) is 0 Å². The maximum absolute atomic E-state index is 10.6. The topological polar surface area (TPSA) is 71.9 Å². The minimum atomic E-state index is -5.08. The molecule has 2 aliphatic heterocycles. The van der Waals surface area contributed by atoms with Gasteiger partial charge in [-0.05, 0) is 45.1 Å². The van der Waals surface area contributed by atoms with Crippen LogP contribution in [0.3, 0.4) is 0 Å². The molecule has 3 fully saturated rings. The molecule has 0 amide bonds. The Bertz CT molecular complexity index is 695. The van der Waals surface area contributed by atoms with Crippen LogP contribution in [0.5, 0.6) is 0 Å². The van der Waals surface area contributed by atoms with Gasteiger partial charge >= 0.3 is 12.1 Å². The second-order valence-corrected chi connectivity index (χ2v) is 9.01. The van der Waals surface area contributed by atoms with E-state index < -0.39 is 12.1 Å². The molecule has 0 unspecified atom stereocenters. The van der Waals surface area contributed by atoms with Crippen molar-refractivity contribution in [3.8, 4) is 0 Å². The van der Waals surface area contributed by atoms with Gasteiger partial charge in [-0.2, -0.15) is 13.2 Å². The van der Waals surface area contributed by atoms with Gasteiger partial charge in [-0.25, -0.2) is 9.78 Å². The molecule has 1 aliphatic carbocycles. The Labute approximate surface area is 172 Å². The molecule has 0 radical (unpaired) electrons. The van der Waals surface area contributed by atoms with Crippen molar-refractivity contribution in [3.05, 3.63) is 16.1 Å². The molecule has 1 aromatic rings. The molecule has 3 aliphatic rings. The number of thiazole rings is 1. The van der Waals surface area contributed by atoms with E-state index in [9.17, 15) is 13.2 Å². The number of hydrogen-bond donors (Lipinski definition) is 1. The molecule has 1 spiro atoms. The molecule has 29 heavy (non-hydrogen) atoms. The number of likely N-dealkylation sites (tertiary alicyclic amines) is 1. The van der Waals surface area contributed by atoms with Gasteiger partial charge in [-0.15, -0.1) is 11.3 Å². The van der Waals surface area contributed by atoms with Crippen LogP contribution in [0.1, 0.15) is 42.7 Å². The summed E-state index contributed by atoms with van der Waals surface area (Å²) in [4.78, 5) is 17.2. The van der Waals surface area contributed by atoms with E-state index in [4.69, 9.17) is 19.4 Å². The van der Waals surface area contributed by atoms with Crippen LogP contribution in [0, 0.1) is 12.8 Å². The predicted molar refractivity (Wildman–Crippen MR) is 101 cm³/mol. The fourth-order valence-electron chi connectivity index (χ4n) is 3.76. The molecule has 0 aromatic carbocycles. The van der Waals surface area contributed by atoms with Gasteiger partial charge in [-0.1, -0.05) is 0 Å². The number of ether oxygens (including phenoxy) is 2. The molecular formula is C19H27F3N2O4S. The number of halogens is 3. The van der Waals surface area contributed by atoms with E-state index in [1.807, 2.05) is 5.51 Å². The highest BCUT2D eigenvalue weighted by atomic mass is 32.1. The van der Waals surface area contributed by atoms with E-state index in [0.717, 1.165) is 38.6 Å². The number of aromatic nitrogens is 1. The zero-order valence-corrected chi connectivity index (χ0v) is 17.2. The predicted octanol–water partition coefficient (Wildman–Crippen LogP) is 3.63. The van der Waals surface area contributed by atoms with E-state index in [1.54, 1.807) is 11.3 Å². The van der Waals surface area contributed by atoms with Crippen LogP contribution in [0.25, 0.3) is 0 Å². The largest absolute Gasteiger partial charge is 0.490 e. The first kappa shape index (κ1) is 22.5. The van der Waals surface area contributed by atoms with Crippen molar-refractivity contribution in [3.63, 3.8) is 0 Å². The highest BCUT2D eigenvalue weighted by Gasteiger charge is 2.44. The number of carbonyl (C=O) groups is 1. The van der Waals surface area contributed by atoms with Crippen molar-refractivity contribution in [2.24, 2.45) is 5.92 Å². The highest BCUT2D eigenvalue weighted by molar-refractivity contribution is 7.09. The van der Waals surface area contributed by atoms with Gasteiger partial charge in [0.25, 0.3) is 0 Å². The summed E-state index contributed by atoms with van der Waals surface area (Å²) in [6.45, 7) is 7.10. The standard InChI is InChI=1S/C17H26N2O2S.C2HF3O2/c1-13-16(22-12-18-13)8-19-6-2-5-17(11-19)7-15(10-21-17)20-9-14-3-4-14;3-2(4,5)1(6)7/h12,14-15H,2-11H2,1H3;(H,6,7)/t15-,17-;/m0./s1.